The van der Waals surface area contributed by atoms with E-state index in [1.165, 1.54) is 18.9 Å². The second-order valence-electron chi connectivity index (χ2n) is 6.12. The first-order valence-corrected chi connectivity index (χ1v) is 10.3. The summed E-state index contributed by atoms with van der Waals surface area (Å²) < 4.78 is 12.4. The quantitative estimate of drug-likeness (QED) is 0.414. The van der Waals surface area contributed by atoms with Crippen LogP contribution in [0.4, 0.5) is 5.69 Å². The summed E-state index contributed by atoms with van der Waals surface area (Å²) in [5.41, 5.74) is 0.708. The van der Waals surface area contributed by atoms with E-state index in [0.717, 1.165) is 5.75 Å². The summed E-state index contributed by atoms with van der Waals surface area (Å²) in [5, 5.41) is 11.7. The predicted molar refractivity (Wildman–Crippen MR) is 114 cm³/mol. The SMILES string of the molecule is CCn1c(COc2ccccc2)nnc1SCC(=O)Nc1ccccc1C(=O)OC. The van der Waals surface area contributed by atoms with Gasteiger partial charge in [0.15, 0.2) is 11.0 Å². The fourth-order valence-electron chi connectivity index (χ4n) is 2.71. The van der Waals surface area contributed by atoms with E-state index in [4.69, 9.17) is 9.47 Å². The Labute approximate surface area is 178 Å². The van der Waals surface area contributed by atoms with Gasteiger partial charge in [0.05, 0.1) is 24.1 Å². The number of ether oxygens (including phenoxy) is 2. The van der Waals surface area contributed by atoms with E-state index in [9.17, 15) is 9.59 Å². The molecule has 0 aliphatic carbocycles. The number of thioether (sulfide) groups is 1. The van der Waals surface area contributed by atoms with Crippen LogP contribution in [0, 0.1) is 0 Å². The summed E-state index contributed by atoms with van der Waals surface area (Å²) in [4.78, 5) is 24.2. The van der Waals surface area contributed by atoms with Crippen molar-refractivity contribution in [1.29, 1.82) is 0 Å². The minimum atomic E-state index is -0.507. The highest BCUT2D eigenvalue weighted by Crippen LogP contribution is 2.20. The molecule has 0 aliphatic rings. The highest BCUT2D eigenvalue weighted by atomic mass is 32.2. The van der Waals surface area contributed by atoms with Crippen molar-refractivity contribution >= 4 is 29.3 Å². The lowest BCUT2D eigenvalue weighted by Gasteiger charge is -2.10. The van der Waals surface area contributed by atoms with Gasteiger partial charge < -0.3 is 19.4 Å². The minimum Gasteiger partial charge on any atom is -0.486 e. The Kier molecular flexibility index (Phi) is 7.45. The van der Waals surface area contributed by atoms with Crippen molar-refractivity contribution in [2.24, 2.45) is 0 Å². The van der Waals surface area contributed by atoms with E-state index in [0.29, 0.717) is 28.8 Å². The van der Waals surface area contributed by atoms with Gasteiger partial charge in [0, 0.05) is 6.54 Å². The second kappa shape index (κ2) is 10.4. The third kappa shape index (κ3) is 5.38. The maximum atomic E-state index is 12.4. The zero-order valence-electron chi connectivity index (χ0n) is 16.7. The molecule has 0 spiro atoms. The summed E-state index contributed by atoms with van der Waals surface area (Å²) in [6.07, 6.45) is 0. The molecule has 3 aromatic rings. The van der Waals surface area contributed by atoms with E-state index in [1.54, 1.807) is 24.3 Å². The van der Waals surface area contributed by atoms with Crippen molar-refractivity contribution in [2.45, 2.75) is 25.2 Å². The van der Waals surface area contributed by atoms with Crippen LogP contribution in [0.5, 0.6) is 5.75 Å². The first-order chi connectivity index (χ1) is 14.6. The third-order valence-electron chi connectivity index (χ3n) is 4.16. The number of carbonyl (C=O) groups is 2. The minimum absolute atomic E-state index is 0.118. The Hall–Kier alpha value is -3.33. The van der Waals surface area contributed by atoms with Gasteiger partial charge in [-0.15, -0.1) is 10.2 Å². The number of esters is 1. The molecule has 8 nitrogen and oxygen atoms in total. The van der Waals surface area contributed by atoms with Gasteiger partial charge in [0.25, 0.3) is 0 Å². The van der Waals surface area contributed by atoms with E-state index in [-0.39, 0.29) is 18.3 Å². The predicted octanol–water partition coefficient (Wildman–Crippen LogP) is 3.39. The van der Waals surface area contributed by atoms with Crippen molar-refractivity contribution in [1.82, 2.24) is 14.8 Å². The molecule has 0 unspecified atom stereocenters. The molecule has 0 fully saturated rings. The number of rotatable bonds is 9. The van der Waals surface area contributed by atoms with Crippen molar-refractivity contribution in [3.8, 4) is 5.75 Å². The summed E-state index contributed by atoms with van der Waals surface area (Å²) in [7, 11) is 1.30. The molecular formula is C21H22N4O4S. The maximum absolute atomic E-state index is 12.4. The molecule has 0 radical (unpaired) electrons. The Bertz CT molecular complexity index is 1010. The van der Waals surface area contributed by atoms with Crippen molar-refractivity contribution in [3.05, 3.63) is 66.0 Å². The molecule has 1 heterocycles. The van der Waals surface area contributed by atoms with Gasteiger partial charge in [-0.2, -0.15) is 0 Å². The zero-order valence-corrected chi connectivity index (χ0v) is 17.5. The van der Waals surface area contributed by atoms with Gasteiger partial charge in [-0.3, -0.25) is 4.79 Å². The molecule has 0 saturated carbocycles. The lowest BCUT2D eigenvalue weighted by atomic mass is 10.2. The van der Waals surface area contributed by atoms with Gasteiger partial charge in [-0.1, -0.05) is 42.1 Å². The number of anilines is 1. The summed E-state index contributed by atoms with van der Waals surface area (Å²) in [6.45, 7) is 2.91. The van der Waals surface area contributed by atoms with Crippen molar-refractivity contribution < 1.29 is 19.1 Å². The highest BCUT2D eigenvalue weighted by Gasteiger charge is 2.16. The number of benzene rings is 2. The molecule has 156 valence electrons. The lowest BCUT2D eigenvalue weighted by molar-refractivity contribution is -0.113. The smallest absolute Gasteiger partial charge is 0.339 e. The molecule has 1 amide bonds. The Morgan fingerprint density at radius 1 is 1.07 bits per heavy atom. The summed E-state index contributed by atoms with van der Waals surface area (Å²) in [6, 6.07) is 16.2. The van der Waals surface area contributed by atoms with Crippen LogP contribution in [-0.4, -0.2) is 39.5 Å². The second-order valence-corrected chi connectivity index (χ2v) is 7.06. The van der Waals surface area contributed by atoms with Gasteiger partial charge in [-0.25, -0.2) is 4.79 Å². The Morgan fingerprint density at radius 3 is 2.53 bits per heavy atom. The Balaban J connectivity index is 1.60. The summed E-state index contributed by atoms with van der Waals surface area (Å²) >= 11 is 1.27. The monoisotopic (exact) mass is 426 g/mol. The molecule has 1 aromatic heterocycles. The number of nitrogens with zero attached hydrogens (tertiary/aromatic N) is 3. The van der Waals surface area contributed by atoms with Crippen LogP contribution < -0.4 is 10.1 Å². The van der Waals surface area contributed by atoms with Gasteiger partial charge in [0.2, 0.25) is 5.91 Å². The number of amides is 1. The van der Waals surface area contributed by atoms with Crippen LogP contribution in [0.2, 0.25) is 0 Å². The molecule has 0 atom stereocenters. The van der Waals surface area contributed by atoms with Crippen molar-refractivity contribution in [2.75, 3.05) is 18.2 Å². The molecule has 0 saturated heterocycles. The van der Waals surface area contributed by atoms with Gasteiger partial charge >= 0.3 is 5.97 Å². The van der Waals surface area contributed by atoms with Crippen LogP contribution in [0.15, 0.2) is 59.8 Å². The molecule has 3 rings (SSSR count). The van der Waals surface area contributed by atoms with E-state index >= 15 is 0 Å². The zero-order chi connectivity index (χ0) is 21.3. The number of aromatic nitrogens is 3. The van der Waals surface area contributed by atoms with Crippen LogP contribution in [-0.2, 0) is 22.7 Å². The number of hydrogen-bond acceptors (Lipinski definition) is 7. The van der Waals surface area contributed by atoms with E-state index in [2.05, 4.69) is 15.5 Å². The number of methoxy groups -OCH3 is 1. The molecule has 9 heteroatoms. The van der Waals surface area contributed by atoms with Gasteiger partial charge in [0.1, 0.15) is 12.4 Å². The van der Waals surface area contributed by atoms with Crippen molar-refractivity contribution in [3.63, 3.8) is 0 Å². The fourth-order valence-corrected chi connectivity index (χ4v) is 3.53. The number of para-hydroxylation sites is 2. The average Bonchev–Trinajstić information content (AvgIpc) is 3.18. The lowest BCUT2D eigenvalue weighted by Crippen LogP contribution is -2.17. The van der Waals surface area contributed by atoms with E-state index in [1.807, 2.05) is 41.8 Å². The Morgan fingerprint density at radius 2 is 1.80 bits per heavy atom. The molecular weight excluding hydrogens is 404 g/mol. The van der Waals surface area contributed by atoms with Crippen LogP contribution in [0.3, 0.4) is 0 Å². The summed E-state index contributed by atoms with van der Waals surface area (Å²) in [5.74, 6) is 0.783. The average molecular weight is 426 g/mol. The standard InChI is InChI=1S/C21H22N4O4S/c1-3-25-18(13-29-15-9-5-4-6-10-15)23-24-21(25)30-14-19(26)22-17-12-8-7-11-16(17)20(27)28-2/h4-12H,3,13-14H2,1-2H3,(H,22,26). The first kappa shape index (κ1) is 21.4. The topological polar surface area (TPSA) is 95.3 Å². The molecule has 30 heavy (non-hydrogen) atoms. The van der Waals surface area contributed by atoms with Crippen LogP contribution >= 0.6 is 11.8 Å². The normalized spacial score (nSPS) is 10.5. The number of hydrogen-bond donors (Lipinski definition) is 1. The van der Waals surface area contributed by atoms with Gasteiger partial charge in [-0.05, 0) is 31.2 Å². The van der Waals surface area contributed by atoms with Crippen LogP contribution in [0.1, 0.15) is 23.1 Å². The molecule has 1 N–H and O–H groups in total. The number of carbonyl (C=O) groups excluding carboxylic acids is 2. The molecule has 0 bridgehead atoms. The maximum Gasteiger partial charge on any atom is 0.339 e. The number of nitrogens with one attached hydrogen (secondary N) is 1. The molecule has 2 aromatic carbocycles. The van der Waals surface area contributed by atoms with Crippen LogP contribution in [0.25, 0.3) is 0 Å². The highest BCUT2D eigenvalue weighted by molar-refractivity contribution is 7.99. The third-order valence-corrected chi connectivity index (χ3v) is 5.13. The fraction of sp³-hybridized carbons (Fsp3) is 0.238. The largest absolute Gasteiger partial charge is 0.486 e. The first-order valence-electron chi connectivity index (χ1n) is 9.32. The van der Waals surface area contributed by atoms with E-state index < -0.39 is 5.97 Å². The molecule has 0 aliphatic heterocycles.